The van der Waals surface area contributed by atoms with Crippen molar-refractivity contribution < 1.29 is 14.3 Å². The van der Waals surface area contributed by atoms with Gasteiger partial charge >= 0.3 is 0 Å². The Balaban J connectivity index is 1.43. The number of hydrogen-bond donors (Lipinski definition) is 3. The van der Waals surface area contributed by atoms with Crippen LogP contribution in [0.3, 0.4) is 0 Å². The molecule has 2 aliphatic rings. The molecule has 1 aliphatic heterocycles. The van der Waals surface area contributed by atoms with Crippen molar-refractivity contribution in [1.29, 1.82) is 0 Å². The highest BCUT2D eigenvalue weighted by Gasteiger charge is 2.37. The topological polar surface area (TPSA) is 99.4 Å². The first-order valence-corrected chi connectivity index (χ1v) is 10.4. The van der Waals surface area contributed by atoms with Gasteiger partial charge in [-0.3, -0.25) is 19.6 Å². The predicted octanol–water partition coefficient (Wildman–Crippen LogP) is 0.854. The lowest BCUT2D eigenvalue weighted by Gasteiger charge is -2.30. The first-order chi connectivity index (χ1) is 13.7. The predicted molar refractivity (Wildman–Crippen MR) is 106 cm³/mol. The summed E-state index contributed by atoms with van der Waals surface area (Å²) in [4.78, 5) is 26.9. The summed E-state index contributed by atoms with van der Waals surface area (Å²) in [6, 6.07) is 0.603. The molecule has 2 heterocycles. The number of nitrogens with one attached hydrogen (secondary N) is 3. The summed E-state index contributed by atoms with van der Waals surface area (Å²) in [6.07, 6.45) is 9.89. The molecular weight excluding hydrogens is 358 g/mol. The fourth-order valence-corrected chi connectivity index (χ4v) is 3.92. The minimum Gasteiger partial charge on any atom is -0.383 e. The Hall–Kier alpha value is -1.93. The number of rotatable bonds is 12. The second-order valence-corrected chi connectivity index (χ2v) is 7.98. The van der Waals surface area contributed by atoms with Crippen molar-refractivity contribution >= 4 is 11.8 Å². The fraction of sp³-hybridized carbons (Fsp3) is 0.750. The Labute approximate surface area is 166 Å². The van der Waals surface area contributed by atoms with Crippen LogP contribution in [0.2, 0.25) is 0 Å². The van der Waals surface area contributed by atoms with E-state index in [2.05, 4.69) is 25.7 Å². The largest absolute Gasteiger partial charge is 0.383 e. The molecule has 3 N–H and O–H groups in total. The van der Waals surface area contributed by atoms with Gasteiger partial charge in [0.2, 0.25) is 11.8 Å². The number of nitrogens with zero attached hydrogens (tertiary/aromatic N) is 2. The Bertz CT molecular complexity index is 617. The number of H-pyrrole nitrogens is 1. The average molecular weight is 392 g/mol. The maximum atomic E-state index is 12.2. The van der Waals surface area contributed by atoms with Gasteiger partial charge in [0.15, 0.2) is 0 Å². The van der Waals surface area contributed by atoms with Gasteiger partial charge in [-0.1, -0.05) is 0 Å². The van der Waals surface area contributed by atoms with E-state index in [1.54, 1.807) is 13.3 Å². The number of hydrogen-bond acceptors (Lipinski definition) is 5. The molecule has 8 nitrogen and oxygen atoms in total. The first kappa shape index (κ1) is 20.8. The van der Waals surface area contributed by atoms with E-state index in [0.717, 1.165) is 30.9 Å². The van der Waals surface area contributed by atoms with Crippen molar-refractivity contribution in [3.8, 4) is 0 Å². The molecule has 0 spiro atoms. The first-order valence-electron chi connectivity index (χ1n) is 10.4. The molecule has 1 aromatic heterocycles. The molecule has 0 radical (unpaired) electrons. The van der Waals surface area contributed by atoms with Crippen LogP contribution in [-0.2, 0) is 20.7 Å². The van der Waals surface area contributed by atoms with Crippen molar-refractivity contribution in [3.05, 3.63) is 18.0 Å². The summed E-state index contributed by atoms with van der Waals surface area (Å²) in [5, 5.41) is 12.7. The molecule has 8 heteroatoms. The van der Waals surface area contributed by atoms with Crippen molar-refractivity contribution in [2.75, 3.05) is 33.4 Å². The van der Waals surface area contributed by atoms with E-state index in [4.69, 9.17) is 4.74 Å². The summed E-state index contributed by atoms with van der Waals surface area (Å²) >= 11 is 0. The molecule has 0 bridgehead atoms. The maximum Gasteiger partial charge on any atom is 0.221 e. The van der Waals surface area contributed by atoms with Crippen LogP contribution in [-0.4, -0.2) is 72.3 Å². The van der Waals surface area contributed by atoms with Gasteiger partial charge < -0.3 is 15.4 Å². The molecular formula is C20H33N5O3. The third-order valence-electron chi connectivity index (χ3n) is 5.72. The van der Waals surface area contributed by atoms with Crippen molar-refractivity contribution in [3.63, 3.8) is 0 Å². The SMILES string of the molecule is COCCNC(=O)C[C@H]1CC[C@@H](CNC(=O)CCc2cn[nH]c2)N1CC1CC1. The van der Waals surface area contributed by atoms with Gasteiger partial charge in [0, 0.05) is 57.9 Å². The monoisotopic (exact) mass is 391 g/mol. The van der Waals surface area contributed by atoms with Gasteiger partial charge in [-0.25, -0.2) is 0 Å². The molecule has 0 unspecified atom stereocenters. The van der Waals surface area contributed by atoms with E-state index in [1.807, 2.05) is 6.20 Å². The zero-order valence-electron chi connectivity index (χ0n) is 16.8. The third kappa shape index (κ3) is 6.60. The fourth-order valence-electron chi connectivity index (χ4n) is 3.92. The highest BCUT2D eigenvalue weighted by atomic mass is 16.5. The lowest BCUT2D eigenvalue weighted by Crippen LogP contribution is -2.45. The molecule has 2 atom stereocenters. The molecule has 1 aromatic rings. The molecule has 2 fully saturated rings. The maximum absolute atomic E-state index is 12.2. The average Bonchev–Trinajstić information content (AvgIpc) is 3.20. The number of carbonyl (C=O) groups excluding carboxylic acids is 2. The van der Waals surface area contributed by atoms with Gasteiger partial charge in [-0.15, -0.1) is 0 Å². The van der Waals surface area contributed by atoms with E-state index in [9.17, 15) is 9.59 Å². The van der Waals surface area contributed by atoms with E-state index in [-0.39, 0.29) is 17.9 Å². The molecule has 2 amide bonds. The minimum absolute atomic E-state index is 0.0772. The van der Waals surface area contributed by atoms with Gasteiger partial charge in [0.25, 0.3) is 0 Å². The number of likely N-dealkylation sites (tertiary alicyclic amines) is 1. The van der Waals surface area contributed by atoms with E-state index >= 15 is 0 Å². The molecule has 1 saturated heterocycles. The van der Waals surface area contributed by atoms with Crippen LogP contribution in [0.4, 0.5) is 0 Å². The van der Waals surface area contributed by atoms with Crippen molar-refractivity contribution in [2.45, 2.75) is 57.0 Å². The number of carbonyl (C=O) groups is 2. The summed E-state index contributed by atoms with van der Waals surface area (Å²) in [5.74, 6) is 0.928. The summed E-state index contributed by atoms with van der Waals surface area (Å²) in [7, 11) is 1.63. The summed E-state index contributed by atoms with van der Waals surface area (Å²) in [6.45, 7) is 2.81. The van der Waals surface area contributed by atoms with Crippen molar-refractivity contribution in [1.82, 2.24) is 25.7 Å². The van der Waals surface area contributed by atoms with Gasteiger partial charge in [0.05, 0.1) is 12.8 Å². The standard InChI is InChI=1S/C20H33N5O3/c1-28-9-8-21-20(27)10-17-5-6-18(25(17)14-15-2-3-15)13-22-19(26)7-4-16-11-23-24-12-16/h11-12,15,17-18H,2-10,13-14H2,1H3,(H,21,27)(H,22,26)(H,23,24)/t17-,18+/m1/s1. The highest BCUT2D eigenvalue weighted by molar-refractivity contribution is 5.77. The van der Waals surface area contributed by atoms with Crippen LogP contribution >= 0.6 is 0 Å². The molecule has 0 aromatic carbocycles. The minimum atomic E-state index is 0.0772. The summed E-state index contributed by atoms with van der Waals surface area (Å²) < 4.78 is 4.99. The van der Waals surface area contributed by atoms with Crippen LogP contribution in [0, 0.1) is 5.92 Å². The molecule has 1 saturated carbocycles. The van der Waals surface area contributed by atoms with Crippen LogP contribution in [0.1, 0.15) is 44.1 Å². The van der Waals surface area contributed by atoms with Gasteiger partial charge in [-0.05, 0) is 43.6 Å². The van der Waals surface area contributed by atoms with Gasteiger partial charge in [0.1, 0.15) is 0 Å². The lowest BCUT2D eigenvalue weighted by atomic mass is 10.1. The Morgan fingerprint density at radius 1 is 1.21 bits per heavy atom. The lowest BCUT2D eigenvalue weighted by molar-refractivity contribution is -0.123. The number of aromatic amines is 1. The van der Waals surface area contributed by atoms with E-state index in [0.29, 0.717) is 45.0 Å². The number of aryl methyl sites for hydroxylation is 1. The number of methoxy groups -OCH3 is 1. The molecule has 3 rings (SSSR count). The Morgan fingerprint density at radius 2 is 2.04 bits per heavy atom. The highest BCUT2D eigenvalue weighted by Crippen LogP contribution is 2.35. The van der Waals surface area contributed by atoms with E-state index in [1.165, 1.54) is 12.8 Å². The zero-order valence-corrected chi connectivity index (χ0v) is 16.8. The molecule has 28 heavy (non-hydrogen) atoms. The number of ether oxygens (including phenoxy) is 1. The third-order valence-corrected chi connectivity index (χ3v) is 5.72. The number of aromatic nitrogens is 2. The second-order valence-electron chi connectivity index (χ2n) is 7.98. The van der Waals surface area contributed by atoms with Crippen LogP contribution in [0.15, 0.2) is 12.4 Å². The van der Waals surface area contributed by atoms with E-state index < -0.39 is 0 Å². The zero-order chi connectivity index (χ0) is 19.8. The normalized spacial score (nSPS) is 22.3. The van der Waals surface area contributed by atoms with Gasteiger partial charge in [-0.2, -0.15) is 5.10 Å². The molecule has 1 aliphatic carbocycles. The number of amides is 2. The molecule has 156 valence electrons. The van der Waals surface area contributed by atoms with Crippen LogP contribution in [0.5, 0.6) is 0 Å². The van der Waals surface area contributed by atoms with Crippen LogP contribution in [0.25, 0.3) is 0 Å². The second kappa shape index (κ2) is 10.6. The van der Waals surface area contributed by atoms with Crippen molar-refractivity contribution in [2.24, 2.45) is 5.92 Å². The van der Waals surface area contributed by atoms with Crippen LogP contribution < -0.4 is 10.6 Å². The summed E-state index contributed by atoms with van der Waals surface area (Å²) in [5.41, 5.74) is 1.05. The smallest absolute Gasteiger partial charge is 0.221 e. The quantitative estimate of drug-likeness (QED) is 0.459. The Morgan fingerprint density at radius 3 is 2.75 bits per heavy atom. The Kier molecular flexibility index (Phi) is 7.85.